The maximum atomic E-state index is 12.7. The van der Waals surface area contributed by atoms with Gasteiger partial charge in [0.2, 0.25) is 5.91 Å². The summed E-state index contributed by atoms with van der Waals surface area (Å²) in [5.41, 5.74) is 4.25. The monoisotopic (exact) mass is 433 g/mol. The number of aryl methyl sites for hydroxylation is 1. The van der Waals surface area contributed by atoms with Crippen LogP contribution in [0, 0.1) is 6.92 Å². The molecule has 2 heterocycles. The molecule has 6 nitrogen and oxygen atoms in total. The van der Waals surface area contributed by atoms with Crippen LogP contribution in [0.25, 0.3) is 21.9 Å². The predicted octanol–water partition coefficient (Wildman–Crippen LogP) is 4.86. The molecule has 0 aliphatic carbocycles. The average molecular weight is 434 g/mol. The van der Waals surface area contributed by atoms with Gasteiger partial charge in [-0.2, -0.15) is 0 Å². The Kier molecular flexibility index (Phi) is 5.65. The summed E-state index contributed by atoms with van der Waals surface area (Å²) < 4.78 is 11.3. The van der Waals surface area contributed by atoms with E-state index in [0.717, 1.165) is 27.5 Å². The largest absolute Gasteiger partial charge is 0.464 e. The second-order valence-corrected chi connectivity index (χ2v) is 9.13. The van der Waals surface area contributed by atoms with Crippen LogP contribution < -0.4 is 10.9 Å². The average Bonchev–Trinajstić information content (AvgIpc) is 3.15. The minimum absolute atomic E-state index is 0.0745. The second kappa shape index (κ2) is 8.28. The third kappa shape index (κ3) is 4.18. The van der Waals surface area contributed by atoms with Gasteiger partial charge >= 0.3 is 5.63 Å². The molecule has 0 saturated carbocycles. The Morgan fingerprint density at radius 2 is 1.78 bits per heavy atom. The summed E-state index contributed by atoms with van der Waals surface area (Å²) in [4.78, 5) is 25.3. The highest BCUT2D eigenvalue weighted by atomic mass is 16.4. The number of aliphatic hydroxyl groups is 1. The quantitative estimate of drug-likeness (QED) is 0.439. The zero-order valence-corrected chi connectivity index (χ0v) is 18.7. The van der Waals surface area contributed by atoms with E-state index in [-0.39, 0.29) is 24.3 Å². The molecule has 0 aliphatic heterocycles. The van der Waals surface area contributed by atoms with Crippen molar-refractivity contribution < 1.29 is 18.7 Å². The molecule has 2 aromatic heterocycles. The minimum atomic E-state index is -0.523. The Hall–Kier alpha value is -3.38. The zero-order valence-electron chi connectivity index (χ0n) is 18.7. The topological polar surface area (TPSA) is 92.7 Å². The van der Waals surface area contributed by atoms with Crippen LogP contribution in [0.5, 0.6) is 0 Å². The van der Waals surface area contributed by atoms with E-state index in [4.69, 9.17) is 13.9 Å². The molecule has 0 spiro atoms. The summed E-state index contributed by atoms with van der Waals surface area (Å²) >= 11 is 0. The molecule has 166 valence electrons. The number of fused-ring (bicyclic) bond motifs is 2. The van der Waals surface area contributed by atoms with Crippen LogP contribution in [-0.2, 0) is 23.1 Å². The number of hydrogen-bond acceptors (Lipinski definition) is 5. The number of anilines is 1. The van der Waals surface area contributed by atoms with E-state index in [0.29, 0.717) is 28.8 Å². The lowest BCUT2D eigenvalue weighted by Gasteiger charge is -2.16. The molecule has 0 unspecified atom stereocenters. The molecule has 2 N–H and O–H groups in total. The van der Waals surface area contributed by atoms with Gasteiger partial charge in [0, 0.05) is 34.7 Å². The SMILES string of the molecule is Cc1c(CC(=O)Nc2ccc(CCO)cc2)c(=O)oc2cc3occ(C(C)(C)C)c3cc12. The van der Waals surface area contributed by atoms with E-state index in [9.17, 15) is 9.59 Å². The van der Waals surface area contributed by atoms with Crippen molar-refractivity contribution in [1.29, 1.82) is 0 Å². The number of benzene rings is 2. The van der Waals surface area contributed by atoms with E-state index in [2.05, 4.69) is 26.1 Å². The van der Waals surface area contributed by atoms with Gasteiger partial charge in [-0.25, -0.2) is 4.79 Å². The molecule has 0 atom stereocenters. The molecule has 0 radical (unpaired) electrons. The molecule has 4 rings (SSSR count). The number of hydrogen-bond donors (Lipinski definition) is 2. The summed E-state index contributed by atoms with van der Waals surface area (Å²) in [7, 11) is 0. The Morgan fingerprint density at radius 3 is 2.44 bits per heavy atom. The van der Waals surface area contributed by atoms with E-state index in [1.165, 1.54) is 0 Å². The lowest BCUT2D eigenvalue weighted by Crippen LogP contribution is -2.20. The zero-order chi connectivity index (χ0) is 23.0. The smallest absolute Gasteiger partial charge is 0.340 e. The third-order valence-corrected chi connectivity index (χ3v) is 5.76. The lowest BCUT2D eigenvalue weighted by molar-refractivity contribution is -0.115. The second-order valence-electron chi connectivity index (χ2n) is 9.13. The van der Waals surface area contributed by atoms with E-state index >= 15 is 0 Å². The molecule has 4 aromatic rings. The van der Waals surface area contributed by atoms with Gasteiger partial charge in [0.1, 0.15) is 11.2 Å². The minimum Gasteiger partial charge on any atom is -0.464 e. The number of aliphatic hydroxyl groups excluding tert-OH is 1. The van der Waals surface area contributed by atoms with Crippen molar-refractivity contribution in [2.75, 3.05) is 11.9 Å². The lowest BCUT2D eigenvalue weighted by atomic mass is 9.86. The van der Waals surface area contributed by atoms with Gasteiger partial charge in [0.25, 0.3) is 0 Å². The van der Waals surface area contributed by atoms with E-state index in [1.807, 2.05) is 25.1 Å². The number of carbonyl (C=O) groups excluding carboxylic acids is 1. The van der Waals surface area contributed by atoms with Gasteiger partial charge < -0.3 is 19.3 Å². The van der Waals surface area contributed by atoms with Gasteiger partial charge in [-0.15, -0.1) is 0 Å². The Morgan fingerprint density at radius 1 is 1.06 bits per heavy atom. The van der Waals surface area contributed by atoms with Crippen LogP contribution in [0.4, 0.5) is 5.69 Å². The van der Waals surface area contributed by atoms with Crippen molar-refractivity contribution in [3.63, 3.8) is 0 Å². The first-order valence-electron chi connectivity index (χ1n) is 10.6. The molecule has 0 aliphatic rings. The van der Waals surface area contributed by atoms with Gasteiger partial charge in [-0.05, 0) is 48.1 Å². The van der Waals surface area contributed by atoms with Crippen LogP contribution >= 0.6 is 0 Å². The first-order valence-corrected chi connectivity index (χ1v) is 10.6. The van der Waals surface area contributed by atoms with Crippen molar-refractivity contribution in [3.8, 4) is 0 Å². The Labute approximate surface area is 185 Å². The Balaban J connectivity index is 1.66. The fraction of sp³-hybridized carbons (Fsp3) is 0.308. The van der Waals surface area contributed by atoms with E-state index in [1.54, 1.807) is 24.5 Å². The molecular formula is C26H27NO5. The highest BCUT2D eigenvalue weighted by molar-refractivity contribution is 5.98. The summed E-state index contributed by atoms with van der Waals surface area (Å²) in [5.74, 6) is -0.297. The fourth-order valence-electron chi connectivity index (χ4n) is 3.94. The molecule has 6 heteroatoms. The van der Waals surface area contributed by atoms with E-state index < -0.39 is 5.63 Å². The number of rotatable bonds is 5. The number of carbonyl (C=O) groups is 1. The molecular weight excluding hydrogens is 406 g/mol. The van der Waals surface area contributed by atoms with Crippen molar-refractivity contribution in [1.82, 2.24) is 0 Å². The van der Waals surface area contributed by atoms with Crippen molar-refractivity contribution in [2.24, 2.45) is 0 Å². The maximum Gasteiger partial charge on any atom is 0.340 e. The van der Waals surface area contributed by atoms with Crippen molar-refractivity contribution in [2.45, 2.75) is 46.0 Å². The molecule has 0 saturated heterocycles. The van der Waals surface area contributed by atoms with Crippen LogP contribution in [0.2, 0.25) is 0 Å². The summed E-state index contributed by atoms with van der Waals surface area (Å²) in [5, 5.41) is 13.6. The normalized spacial score (nSPS) is 11.9. The molecule has 2 aromatic carbocycles. The van der Waals surface area contributed by atoms with Gasteiger partial charge in [-0.3, -0.25) is 4.79 Å². The number of nitrogens with one attached hydrogen (secondary N) is 1. The van der Waals surface area contributed by atoms with Crippen LogP contribution in [0.3, 0.4) is 0 Å². The number of furan rings is 1. The summed E-state index contributed by atoms with van der Waals surface area (Å²) in [6.45, 7) is 8.27. The molecule has 0 fully saturated rings. The molecule has 0 bridgehead atoms. The van der Waals surface area contributed by atoms with Gasteiger partial charge in [0.15, 0.2) is 0 Å². The first-order chi connectivity index (χ1) is 15.2. The number of amides is 1. The Bertz CT molecular complexity index is 1350. The van der Waals surface area contributed by atoms with Crippen LogP contribution in [0.15, 0.2) is 56.3 Å². The van der Waals surface area contributed by atoms with Gasteiger partial charge in [-0.1, -0.05) is 32.9 Å². The third-order valence-electron chi connectivity index (χ3n) is 5.76. The van der Waals surface area contributed by atoms with Crippen LogP contribution in [0.1, 0.15) is 43.0 Å². The first kappa shape index (κ1) is 21.8. The highest BCUT2D eigenvalue weighted by Crippen LogP contribution is 2.35. The van der Waals surface area contributed by atoms with Crippen molar-refractivity contribution in [3.05, 3.63) is 75.3 Å². The summed E-state index contributed by atoms with van der Waals surface area (Å²) in [6.07, 6.45) is 2.22. The maximum absolute atomic E-state index is 12.7. The molecule has 32 heavy (non-hydrogen) atoms. The van der Waals surface area contributed by atoms with Crippen molar-refractivity contribution >= 4 is 33.5 Å². The van der Waals surface area contributed by atoms with Gasteiger partial charge in [0.05, 0.1) is 18.2 Å². The highest BCUT2D eigenvalue weighted by Gasteiger charge is 2.22. The standard InChI is InChI=1S/C26H27NO5/c1-15-18-11-20-21(26(2,3)4)14-31-22(20)13-23(18)32-25(30)19(15)12-24(29)27-17-7-5-16(6-8-17)9-10-28/h5-8,11,13-14,28H,9-10,12H2,1-4H3,(H,27,29). The fourth-order valence-corrected chi connectivity index (χ4v) is 3.94. The summed E-state index contributed by atoms with van der Waals surface area (Å²) in [6, 6.07) is 11.0. The van der Waals surface area contributed by atoms with Crippen LogP contribution in [-0.4, -0.2) is 17.6 Å². The molecule has 1 amide bonds. The predicted molar refractivity (Wildman–Crippen MR) is 125 cm³/mol.